The van der Waals surface area contributed by atoms with Crippen molar-refractivity contribution in [3.05, 3.63) is 41.0 Å². The molecule has 0 saturated heterocycles. The molecule has 0 amide bonds. The molecule has 2 aromatic rings. The molecule has 0 atom stereocenters. The third kappa shape index (κ3) is 4.30. The van der Waals surface area contributed by atoms with Crippen molar-refractivity contribution in [2.24, 2.45) is 10.7 Å². The van der Waals surface area contributed by atoms with Crippen LogP contribution in [0.15, 0.2) is 23.2 Å². The summed E-state index contributed by atoms with van der Waals surface area (Å²) in [7, 11) is 0. The van der Waals surface area contributed by atoms with Gasteiger partial charge in [0.2, 0.25) is 0 Å². The van der Waals surface area contributed by atoms with E-state index in [0.717, 1.165) is 11.5 Å². The minimum absolute atomic E-state index is 0.296. The predicted molar refractivity (Wildman–Crippen MR) is 85.3 cm³/mol. The van der Waals surface area contributed by atoms with Gasteiger partial charge < -0.3 is 11.1 Å². The fraction of sp³-hybridized carbons (Fsp3) is 0.400. The number of H-pyrrole nitrogens is 1. The molecule has 1 aromatic carbocycles. The van der Waals surface area contributed by atoms with Crippen molar-refractivity contribution in [3.8, 4) is 0 Å². The molecule has 0 aliphatic rings. The first kappa shape index (κ1) is 15.0. The van der Waals surface area contributed by atoms with E-state index in [4.69, 9.17) is 5.73 Å². The number of nitrogens with one attached hydrogen (secondary N) is 2. The zero-order valence-corrected chi connectivity index (χ0v) is 12.9. The lowest BCUT2D eigenvalue weighted by Crippen LogP contribution is -2.22. The second kappa shape index (κ2) is 6.39. The van der Waals surface area contributed by atoms with Crippen LogP contribution in [-0.2, 0) is 6.54 Å². The van der Waals surface area contributed by atoms with Gasteiger partial charge in [-0.2, -0.15) is 5.10 Å². The van der Waals surface area contributed by atoms with Gasteiger partial charge in [0, 0.05) is 11.6 Å². The Hall–Kier alpha value is -2.37. The Morgan fingerprint density at radius 3 is 2.52 bits per heavy atom. The summed E-state index contributed by atoms with van der Waals surface area (Å²) < 4.78 is 0. The zero-order chi connectivity index (χ0) is 15.4. The van der Waals surface area contributed by atoms with Crippen LogP contribution in [0, 0.1) is 13.8 Å². The number of nitrogens with two attached hydrogens (primary N) is 1. The number of aryl methyl sites for hydroxylation is 2. The first-order valence-corrected chi connectivity index (χ1v) is 7.00. The topological polar surface area (TPSA) is 92.0 Å². The van der Waals surface area contributed by atoms with Crippen molar-refractivity contribution < 1.29 is 0 Å². The number of nitrogens with zero attached hydrogens (tertiary/aromatic N) is 3. The molecule has 4 N–H and O–H groups in total. The van der Waals surface area contributed by atoms with Crippen molar-refractivity contribution in [1.29, 1.82) is 0 Å². The Labute approximate surface area is 124 Å². The highest BCUT2D eigenvalue weighted by Gasteiger charge is 2.06. The molecule has 6 heteroatoms. The van der Waals surface area contributed by atoms with E-state index in [9.17, 15) is 0 Å². The van der Waals surface area contributed by atoms with Crippen LogP contribution in [0.4, 0.5) is 5.69 Å². The highest BCUT2D eigenvalue weighted by Crippen LogP contribution is 2.13. The molecule has 0 saturated carbocycles. The summed E-state index contributed by atoms with van der Waals surface area (Å²) in [5.41, 5.74) is 9.20. The Balaban J connectivity index is 2.00. The van der Waals surface area contributed by atoms with Gasteiger partial charge in [-0.1, -0.05) is 19.9 Å². The maximum atomic E-state index is 5.90. The third-order valence-electron chi connectivity index (χ3n) is 2.96. The molecule has 0 spiro atoms. The number of benzene rings is 1. The number of guanidine groups is 1. The summed E-state index contributed by atoms with van der Waals surface area (Å²) in [5.74, 6) is 2.16. The lowest BCUT2D eigenvalue weighted by molar-refractivity contribution is 0.780. The fourth-order valence-corrected chi connectivity index (χ4v) is 2.03. The van der Waals surface area contributed by atoms with Gasteiger partial charge in [-0.25, -0.2) is 9.98 Å². The molecule has 2 rings (SSSR count). The van der Waals surface area contributed by atoms with E-state index in [1.165, 1.54) is 11.1 Å². The zero-order valence-electron chi connectivity index (χ0n) is 12.9. The highest BCUT2D eigenvalue weighted by molar-refractivity contribution is 5.92. The van der Waals surface area contributed by atoms with Crippen molar-refractivity contribution in [2.75, 3.05) is 5.32 Å². The predicted octanol–water partition coefficient (Wildman–Crippen LogP) is 2.47. The van der Waals surface area contributed by atoms with Gasteiger partial charge in [0.15, 0.2) is 11.8 Å². The molecule has 112 valence electrons. The van der Waals surface area contributed by atoms with Crippen molar-refractivity contribution in [2.45, 2.75) is 40.2 Å². The minimum atomic E-state index is 0.296. The van der Waals surface area contributed by atoms with Crippen LogP contribution in [0.3, 0.4) is 0 Å². The standard InChI is InChI=1S/C15H22N6/c1-9(2)14-19-13(20-21-14)8-17-15(16)18-12-6-10(3)5-11(4)7-12/h5-7,9H,8H2,1-4H3,(H3,16,17,18)(H,19,20,21). The van der Waals surface area contributed by atoms with E-state index in [-0.39, 0.29) is 0 Å². The molecular weight excluding hydrogens is 264 g/mol. The number of rotatable bonds is 4. The van der Waals surface area contributed by atoms with Gasteiger partial charge in [0.1, 0.15) is 12.4 Å². The number of anilines is 1. The molecule has 0 unspecified atom stereocenters. The summed E-state index contributed by atoms with van der Waals surface area (Å²) in [4.78, 5) is 8.63. The van der Waals surface area contributed by atoms with Crippen molar-refractivity contribution >= 4 is 11.6 Å². The fourth-order valence-electron chi connectivity index (χ4n) is 2.03. The molecule has 0 aliphatic carbocycles. The molecule has 0 aliphatic heterocycles. The maximum absolute atomic E-state index is 5.90. The van der Waals surface area contributed by atoms with E-state index >= 15 is 0 Å². The normalized spacial score (nSPS) is 12.0. The molecule has 0 radical (unpaired) electrons. The average molecular weight is 286 g/mol. The van der Waals surface area contributed by atoms with Crippen LogP contribution in [0.5, 0.6) is 0 Å². The largest absolute Gasteiger partial charge is 0.370 e. The smallest absolute Gasteiger partial charge is 0.193 e. The Bertz CT molecular complexity index is 621. The summed E-state index contributed by atoms with van der Waals surface area (Å²) in [6, 6.07) is 6.17. The maximum Gasteiger partial charge on any atom is 0.193 e. The Kier molecular flexibility index (Phi) is 4.57. The highest BCUT2D eigenvalue weighted by atomic mass is 15.2. The number of hydrogen-bond acceptors (Lipinski definition) is 3. The van der Waals surface area contributed by atoms with Crippen LogP contribution in [-0.4, -0.2) is 21.1 Å². The van der Waals surface area contributed by atoms with E-state index in [1.54, 1.807) is 0 Å². The summed E-state index contributed by atoms with van der Waals surface area (Å²) >= 11 is 0. The molecular formula is C15H22N6. The van der Waals surface area contributed by atoms with Gasteiger partial charge in [-0.15, -0.1) is 0 Å². The third-order valence-corrected chi connectivity index (χ3v) is 2.96. The lowest BCUT2D eigenvalue weighted by Gasteiger charge is -2.07. The van der Waals surface area contributed by atoms with E-state index in [2.05, 4.69) is 31.6 Å². The molecule has 6 nitrogen and oxygen atoms in total. The number of aromatic amines is 1. The number of aliphatic imine (C=N–C) groups is 1. The van der Waals surface area contributed by atoms with Crippen LogP contribution < -0.4 is 11.1 Å². The Morgan fingerprint density at radius 2 is 1.95 bits per heavy atom. The number of hydrogen-bond donors (Lipinski definition) is 3. The van der Waals surface area contributed by atoms with Gasteiger partial charge >= 0.3 is 0 Å². The second-order valence-corrected chi connectivity index (χ2v) is 5.50. The first-order chi connectivity index (χ1) is 9.94. The van der Waals surface area contributed by atoms with Crippen LogP contribution in [0.2, 0.25) is 0 Å². The van der Waals surface area contributed by atoms with Crippen LogP contribution >= 0.6 is 0 Å². The second-order valence-electron chi connectivity index (χ2n) is 5.50. The van der Waals surface area contributed by atoms with E-state index in [0.29, 0.717) is 24.2 Å². The molecule has 1 heterocycles. The number of aromatic nitrogens is 3. The van der Waals surface area contributed by atoms with Crippen molar-refractivity contribution in [3.63, 3.8) is 0 Å². The van der Waals surface area contributed by atoms with Crippen molar-refractivity contribution in [1.82, 2.24) is 15.2 Å². The molecule has 0 fully saturated rings. The average Bonchev–Trinajstić information content (AvgIpc) is 2.84. The Morgan fingerprint density at radius 1 is 1.29 bits per heavy atom. The van der Waals surface area contributed by atoms with Gasteiger partial charge in [0.05, 0.1) is 0 Å². The van der Waals surface area contributed by atoms with Gasteiger partial charge in [0.25, 0.3) is 0 Å². The summed E-state index contributed by atoms with van der Waals surface area (Å²) in [5, 5.41) is 10.1. The van der Waals surface area contributed by atoms with Crippen LogP contribution in [0.1, 0.15) is 42.5 Å². The van der Waals surface area contributed by atoms with Crippen LogP contribution in [0.25, 0.3) is 0 Å². The molecule has 21 heavy (non-hydrogen) atoms. The van der Waals surface area contributed by atoms with Gasteiger partial charge in [-0.05, 0) is 37.1 Å². The first-order valence-electron chi connectivity index (χ1n) is 7.00. The van der Waals surface area contributed by atoms with E-state index in [1.807, 2.05) is 39.8 Å². The van der Waals surface area contributed by atoms with E-state index < -0.39 is 0 Å². The van der Waals surface area contributed by atoms with Gasteiger partial charge in [-0.3, -0.25) is 5.10 Å². The molecule has 1 aromatic heterocycles. The quantitative estimate of drug-likeness (QED) is 0.594. The SMILES string of the molecule is Cc1cc(C)cc(NC(N)=NCc2nc(C(C)C)n[nH]2)c1. The lowest BCUT2D eigenvalue weighted by atomic mass is 10.1. The minimum Gasteiger partial charge on any atom is -0.370 e. The monoisotopic (exact) mass is 286 g/mol. The summed E-state index contributed by atoms with van der Waals surface area (Å²) in [6.07, 6.45) is 0. The summed E-state index contributed by atoms with van der Waals surface area (Å²) in [6.45, 7) is 8.57. The molecule has 0 bridgehead atoms.